The van der Waals surface area contributed by atoms with Gasteiger partial charge in [0, 0.05) is 6.54 Å². The van der Waals surface area contributed by atoms with Crippen LogP contribution in [0.25, 0.3) is 11.0 Å². The van der Waals surface area contributed by atoms with E-state index in [1.165, 1.54) is 13.2 Å². The van der Waals surface area contributed by atoms with E-state index in [0.717, 1.165) is 23.9 Å². The van der Waals surface area contributed by atoms with Gasteiger partial charge >= 0.3 is 5.97 Å². The number of rotatable bonds is 7. The number of nitrogens with zero attached hydrogens (tertiary/aromatic N) is 3. The lowest BCUT2D eigenvalue weighted by atomic mass is 9.89. The van der Waals surface area contributed by atoms with Gasteiger partial charge in [-0.25, -0.2) is 4.98 Å². The van der Waals surface area contributed by atoms with E-state index < -0.39 is 17.9 Å². The van der Waals surface area contributed by atoms with Crippen molar-refractivity contribution in [3.05, 3.63) is 48.0 Å². The minimum atomic E-state index is -1.09. The van der Waals surface area contributed by atoms with Crippen molar-refractivity contribution in [1.82, 2.24) is 9.55 Å². The van der Waals surface area contributed by atoms with Crippen LogP contribution < -0.4 is 9.64 Å². The lowest BCUT2D eigenvalue weighted by Gasteiger charge is -2.38. The third-order valence-electron chi connectivity index (χ3n) is 5.77. The van der Waals surface area contributed by atoms with E-state index in [4.69, 9.17) is 14.5 Å². The molecule has 0 saturated heterocycles. The molecular formula is C24H27N3O5. The van der Waals surface area contributed by atoms with Crippen molar-refractivity contribution in [3.8, 4) is 11.5 Å². The van der Waals surface area contributed by atoms with Crippen molar-refractivity contribution in [2.24, 2.45) is 5.92 Å². The fourth-order valence-electron chi connectivity index (χ4n) is 4.25. The molecule has 0 spiro atoms. The Morgan fingerprint density at radius 1 is 1.19 bits per heavy atom. The van der Waals surface area contributed by atoms with Crippen LogP contribution in [0.5, 0.6) is 11.5 Å². The Morgan fingerprint density at radius 3 is 2.69 bits per heavy atom. The van der Waals surface area contributed by atoms with E-state index in [0.29, 0.717) is 18.1 Å². The number of imidazole rings is 1. The number of unbranched alkanes of at least 4 members (excludes halogenated alkanes) is 1. The molecule has 1 aliphatic heterocycles. The molecule has 3 aromatic rings. The number of benzene rings is 2. The van der Waals surface area contributed by atoms with Crippen molar-refractivity contribution in [3.63, 3.8) is 0 Å². The van der Waals surface area contributed by atoms with E-state index >= 15 is 0 Å². The predicted octanol–water partition coefficient (Wildman–Crippen LogP) is 3.67. The maximum Gasteiger partial charge on any atom is 0.321 e. The van der Waals surface area contributed by atoms with E-state index in [9.17, 15) is 14.7 Å². The molecule has 0 aliphatic carbocycles. The Kier molecular flexibility index (Phi) is 6.03. The zero-order valence-corrected chi connectivity index (χ0v) is 18.4. The fourth-order valence-corrected chi connectivity index (χ4v) is 4.25. The third kappa shape index (κ3) is 3.55. The summed E-state index contributed by atoms with van der Waals surface area (Å²) in [6.45, 7) is 4.39. The average Bonchev–Trinajstić information content (AvgIpc) is 3.17. The Labute approximate surface area is 186 Å². The molecule has 4 rings (SSSR count). The summed E-state index contributed by atoms with van der Waals surface area (Å²) in [4.78, 5) is 33.1. The number of ether oxygens (including phenoxy) is 2. The molecule has 2 atom stereocenters. The van der Waals surface area contributed by atoms with Crippen LogP contribution in [0, 0.1) is 5.92 Å². The molecular weight excluding hydrogens is 410 g/mol. The number of aromatic nitrogens is 2. The summed E-state index contributed by atoms with van der Waals surface area (Å²) in [5, 5.41) is 10.1. The average molecular weight is 437 g/mol. The molecule has 0 radical (unpaired) electrons. The van der Waals surface area contributed by atoms with Crippen molar-refractivity contribution in [2.45, 2.75) is 32.7 Å². The molecule has 2 heterocycles. The molecule has 168 valence electrons. The Balaban J connectivity index is 1.99. The van der Waals surface area contributed by atoms with Gasteiger partial charge in [0.1, 0.15) is 0 Å². The monoisotopic (exact) mass is 437 g/mol. The van der Waals surface area contributed by atoms with Crippen molar-refractivity contribution < 1.29 is 24.2 Å². The number of hydrogen-bond donors (Lipinski definition) is 1. The maximum absolute atomic E-state index is 13.7. The van der Waals surface area contributed by atoms with Crippen LogP contribution in [0.1, 0.15) is 38.3 Å². The first-order valence-corrected chi connectivity index (χ1v) is 10.8. The SMILES string of the molecule is CCCCN1C(=O)C(C(=O)OCC)C(c2ccc(O)c(OC)c2)n2c1nc1ccccc12. The van der Waals surface area contributed by atoms with Crippen LogP contribution in [0.3, 0.4) is 0 Å². The highest BCUT2D eigenvalue weighted by Gasteiger charge is 2.47. The van der Waals surface area contributed by atoms with E-state index in [2.05, 4.69) is 0 Å². The topological polar surface area (TPSA) is 93.9 Å². The lowest BCUT2D eigenvalue weighted by molar-refractivity contribution is -0.153. The van der Waals surface area contributed by atoms with Crippen molar-refractivity contribution >= 4 is 28.9 Å². The third-order valence-corrected chi connectivity index (χ3v) is 5.77. The first kappa shape index (κ1) is 21.7. The zero-order chi connectivity index (χ0) is 22.8. The van der Waals surface area contributed by atoms with Gasteiger partial charge in [0.15, 0.2) is 17.4 Å². The quantitative estimate of drug-likeness (QED) is 0.448. The van der Waals surface area contributed by atoms with E-state index in [-0.39, 0.29) is 24.0 Å². The van der Waals surface area contributed by atoms with Crippen LogP contribution in [0.4, 0.5) is 5.95 Å². The van der Waals surface area contributed by atoms with Gasteiger partial charge in [0.25, 0.3) is 0 Å². The first-order chi connectivity index (χ1) is 15.5. The smallest absolute Gasteiger partial charge is 0.321 e. The molecule has 0 bridgehead atoms. The van der Waals surface area contributed by atoms with Gasteiger partial charge in [0.2, 0.25) is 11.9 Å². The van der Waals surface area contributed by atoms with Crippen LogP contribution in [-0.2, 0) is 14.3 Å². The van der Waals surface area contributed by atoms with Crippen molar-refractivity contribution in [1.29, 1.82) is 0 Å². The van der Waals surface area contributed by atoms with Crippen LogP contribution >= 0.6 is 0 Å². The molecule has 1 aromatic heterocycles. The molecule has 1 aliphatic rings. The second kappa shape index (κ2) is 8.90. The van der Waals surface area contributed by atoms with Crippen LogP contribution in [0.15, 0.2) is 42.5 Å². The second-order valence-electron chi connectivity index (χ2n) is 7.72. The van der Waals surface area contributed by atoms with Gasteiger partial charge in [0.05, 0.1) is 30.8 Å². The summed E-state index contributed by atoms with van der Waals surface area (Å²) in [6.07, 6.45) is 1.68. The molecule has 2 aromatic carbocycles. The van der Waals surface area contributed by atoms with E-state index in [1.54, 1.807) is 24.0 Å². The number of phenolic OH excluding ortho intramolecular Hbond substituents is 1. The first-order valence-electron chi connectivity index (χ1n) is 10.8. The number of amides is 1. The summed E-state index contributed by atoms with van der Waals surface area (Å²) in [7, 11) is 1.46. The number of esters is 1. The predicted molar refractivity (Wildman–Crippen MR) is 120 cm³/mol. The number of carbonyl (C=O) groups excluding carboxylic acids is 2. The summed E-state index contributed by atoms with van der Waals surface area (Å²) in [5.41, 5.74) is 2.19. The summed E-state index contributed by atoms with van der Waals surface area (Å²) in [6, 6.07) is 11.8. The number of phenols is 1. The highest BCUT2D eigenvalue weighted by atomic mass is 16.5. The molecule has 8 heteroatoms. The number of para-hydroxylation sites is 2. The zero-order valence-electron chi connectivity index (χ0n) is 18.4. The number of hydrogen-bond acceptors (Lipinski definition) is 6. The highest BCUT2D eigenvalue weighted by molar-refractivity contribution is 6.08. The number of fused-ring (bicyclic) bond motifs is 3. The molecule has 1 N–H and O–H groups in total. The van der Waals surface area contributed by atoms with E-state index in [1.807, 2.05) is 35.8 Å². The molecule has 0 fully saturated rings. The molecule has 8 nitrogen and oxygen atoms in total. The minimum absolute atomic E-state index is 0.0219. The number of anilines is 1. The van der Waals surface area contributed by atoms with Gasteiger partial charge in [-0.2, -0.15) is 0 Å². The Morgan fingerprint density at radius 2 is 1.97 bits per heavy atom. The maximum atomic E-state index is 13.7. The molecule has 2 unspecified atom stereocenters. The minimum Gasteiger partial charge on any atom is -0.504 e. The fraction of sp³-hybridized carbons (Fsp3) is 0.375. The number of carbonyl (C=O) groups is 2. The highest BCUT2D eigenvalue weighted by Crippen LogP contribution is 2.43. The molecule has 32 heavy (non-hydrogen) atoms. The van der Waals surface area contributed by atoms with Gasteiger partial charge in [-0.3, -0.25) is 14.5 Å². The summed E-state index contributed by atoms with van der Waals surface area (Å²) in [5.74, 6) is -1.27. The van der Waals surface area contributed by atoms with Gasteiger partial charge < -0.3 is 19.1 Å². The van der Waals surface area contributed by atoms with Gasteiger partial charge in [-0.15, -0.1) is 0 Å². The summed E-state index contributed by atoms with van der Waals surface area (Å²) < 4.78 is 12.6. The standard InChI is InChI=1S/C24H27N3O5/c1-4-6-13-26-22(29)20(23(30)32-5-2)21(15-11-12-18(28)19(14-15)31-3)27-17-10-8-7-9-16(17)25-24(26)27/h7-12,14,20-21,28H,4-6,13H2,1-3H3. The van der Waals surface area contributed by atoms with Gasteiger partial charge in [-0.05, 0) is 43.2 Å². The van der Waals surface area contributed by atoms with Gasteiger partial charge in [-0.1, -0.05) is 31.5 Å². The van der Waals surface area contributed by atoms with Crippen LogP contribution in [0.2, 0.25) is 0 Å². The van der Waals surface area contributed by atoms with Crippen molar-refractivity contribution in [2.75, 3.05) is 25.2 Å². The Bertz CT molecular complexity index is 1160. The number of methoxy groups -OCH3 is 1. The molecule has 1 amide bonds. The largest absolute Gasteiger partial charge is 0.504 e. The number of aromatic hydroxyl groups is 1. The summed E-state index contributed by atoms with van der Waals surface area (Å²) >= 11 is 0. The second-order valence-corrected chi connectivity index (χ2v) is 7.72. The molecule has 0 saturated carbocycles. The lowest BCUT2D eigenvalue weighted by Crippen LogP contribution is -2.50. The van der Waals surface area contributed by atoms with Crippen LogP contribution in [-0.4, -0.2) is 46.8 Å². The normalized spacial score (nSPS) is 18.0. The Hall–Kier alpha value is -3.55.